The van der Waals surface area contributed by atoms with E-state index in [9.17, 15) is 0 Å². The van der Waals surface area contributed by atoms with Crippen molar-refractivity contribution in [2.75, 3.05) is 0 Å². The summed E-state index contributed by atoms with van der Waals surface area (Å²) in [5.74, 6) is 0. The predicted molar refractivity (Wildman–Crippen MR) is 74.3 cm³/mol. The van der Waals surface area contributed by atoms with Crippen LogP contribution in [0.5, 0.6) is 0 Å². The summed E-state index contributed by atoms with van der Waals surface area (Å²) in [7, 11) is 0. The second-order valence-corrected chi connectivity index (χ2v) is 4.95. The van der Waals surface area contributed by atoms with Gasteiger partial charge in [0.1, 0.15) is 0 Å². The molecule has 17 heavy (non-hydrogen) atoms. The Labute approximate surface area is 103 Å². The Morgan fingerprint density at radius 3 is 2.94 bits per heavy atom. The minimum Gasteiger partial charge on any atom is -0.341 e. The van der Waals surface area contributed by atoms with Crippen molar-refractivity contribution < 1.29 is 0 Å². The van der Waals surface area contributed by atoms with Gasteiger partial charge in [-0.1, -0.05) is 37.3 Å². The second-order valence-electron chi connectivity index (χ2n) is 4.95. The molecule has 1 aliphatic rings. The molecule has 0 spiro atoms. The maximum atomic E-state index is 2.55. The zero-order valence-electron chi connectivity index (χ0n) is 10.6. The molecule has 1 aromatic heterocycles. The van der Waals surface area contributed by atoms with Crippen LogP contribution in [0.25, 0.3) is 17.0 Å². The van der Waals surface area contributed by atoms with Gasteiger partial charge in [-0.15, -0.1) is 0 Å². The minimum atomic E-state index is 0.593. The van der Waals surface area contributed by atoms with Crippen molar-refractivity contribution in [2.45, 2.75) is 39.2 Å². The summed E-state index contributed by atoms with van der Waals surface area (Å²) >= 11 is 0. The van der Waals surface area contributed by atoms with Gasteiger partial charge in [-0.25, -0.2) is 0 Å². The highest BCUT2D eigenvalue weighted by atomic mass is 15.0. The van der Waals surface area contributed by atoms with Crippen LogP contribution < -0.4 is 0 Å². The van der Waals surface area contributed by atoms with Crippen LogP contribution in [0.3, 0.4) is 0 Å². The molecule has 1 aromatic carbocycles. The Hall–Kier alpha value is -1.50. The number of hydrogen-bond donors (Lipinski definition) is 0. The van der Waals surface area contributed by atoms with Crippen molar-refractivity contribution in [1.82, 2.24) is 4.57 Å². The highest BCUT2D eigenvalue weighted by Gasteiger charge is 2.18. The lowest BCUT2D eigenvalue weighted by Crippen LogP contribution is -2.09. The van der Waals surface area contributed by atoms with Gasteiger partial charge in [0, 0.05) is 28.2 Å². The predicted octanol–water partition coefficient (Wildman–Crippen LogP) is 4.57. The number of rotatable bonds is 2. The van der Waals surface area contributed by atoms with Gasteiger partial charge in [0.2, 0.25) is 0 Å². The fraction of sp³-hybridized carbons (Fsp3) is 0.375. The molecule has 1 heteroatoms. The number of hydrogen-bond acceptors (Lipinski definition) is 0. The summed E-state index contributed by atoms with van der Waals surface area (Å²) in [5, 5.41) is 1.42. The van der Waals surface area contributed by atoms with Gasteiger partial charge >= 0.3 is 0 Å². The molecule has 0 fully saturated rings. The summed E-state index contributed by atoms with van der Waals surface area (Å²) in [6.45, 7) is 4.59. The minimum absolute atomic E-state index is 0.593. The molecule has 0 saturated carbocycles. The van der Waals surface area contributed by atoms with E-state index < -0.39 is 0 Å². The second kappa shape index (κ2) is 4.06. The molecule has 2 aromatic rings. The van der Waals surface area contributed by atoms with Crippen LogP contribution in [-0.2, 0) is 6.42 Å². The monoisotopic (exact) mass is 225 g/mol. The Morgan fingerprint density at radius 2 is 2.12 bits per heavy atom. The first-order chi connectivity index (χ1) is 8.33. The number of nitrogens with zero attached hydrogens (tertiary/aromatic N) is 1. The zero-order valence-corrected chi connectivity index (χ0v) is 10.6. The van der Waals surface area contributed by atoms with E-state index in [-0.39, 0.29) is 0 Å². The standard InChI is InChI=1S/C16H19N/c1-3-12(2)17-15-10-6-4-8-13(15)14-9-5-7-11-16(14)17/h4-6,8-10,12H,3,7,11H2,1-2H3. The third-order valence-electron chi connectivity index (χ3n) is 3.92. The van der Waals surface area contributed by atoms with E-state index in [1.807, 2.05) is 0 Å². The molecule has 0 saturated heterocycles. The zero-order chi connectivity index (χ0) is 11.8. The van der Waals surface area contributed by atoms with Crippen molar-refractivity contribution in [2.24, 2.45) is 0 Å². The number of fused-ring (bicyclic) bond motifs is 3. The van der Waals surface area contributed by atoms with Crippen LogP contribution in [-0.4, -0.2) is 4.57 Å². The lowest BCUT2D eigenvalue weighted by Gasteiger charge is -2.18. The molecule has 88 valence electrons. The van der Waals surface area contributed by atoms with Gasteiger partial charge in [-0.3, -0.25) is 0 Å². The van der Waals surface area contributed by atoms with Gasteiger partial charge < -0.3 is 4.57 Å². The molecule has 0 N–H and O–H groups in total. The first-order valence-electron chi connectivity index (χ1n) is 6.61. The van der Waals surface area contributed by atoms with E-state index in [1.165, 1.54) is 41.4 Å². The van der Waals surface area contributed by atoms with E-state index >= 15 is 0 Å². The first kappa shape index (κ1) is 10.6. The molecule has 1 nitrogen and oxygen atoms in total. The van der Waals surface area contributed by atoms with Gasteiger partial charge in [-0.2, -0.15) is 0 Å². The van der Waals surface area contributed by atoms with E-state index in [0.29, 0.717) is 6.04 Å². The van der Waals surface area contributed by atoms with Crippen molar-refractivity contribution in [1.29, 1.82) is 0 Å². The third-order valence-corrected chi connectivity index (χ3v) is 3.92. The van der Waals surface area contributed by atoms with Crippen LogP contribution >= 0.6 is 0 Å². The molecule has 0 aliphatic heterocycles. The topological polar surface area (TPSA) is 4.93 Å². The summed E-state index contributed by atoms with van der Waals surface area (Å²) in [6, 6.07) is 9.40. The van der Waals surface area contributed by atoms with E-state index in [4.69, 9.17) is 0 Å². The molecule has 1 aliphatic carbocycles. The Kier molecular flexibility index (Phi) is 2.54. The average molecular weight is 225 g/mol. The molecule has 0 radical (unpaired) electrons. The lowest BCUT2D eigenvalue weighted by molar-refractivity contribution is 0.527. The number of para-hydroxylation sites is 1. The molecule has 1 atom stereocenters. The number of benzene rings is 1. The van der Waals surface area contributed by atoms with Gasteiger partial charge in [0.15, 0.2) is 0 Å². The van der Waals surface area contributed by atoms with Gasteiger partial charge in [0.05, 0.1) is 0 Å². The molecular formula is C16H19N. The summed E-state index contributed by atoms with van der Waals surface area (Å²) in [6.07, 6.45) is 8.16. The number of aromatic nitrogens is 1. The fourth-order valence-electron chi connectivity index (χ4n) is 2.89. The van der Waals surface area contributed by atoms with Crippen molar-refractivity contribution in [3.63, 3.8) is 0 Å². The molecule has 0 bridgehead atoms. The molecule has 0 amide bonds. The van der Waals surface area contributed by atoms with Gasteiger partial charge in [0.25, 0.3) is 0 Å². The normalized spacial score (nSPS) is 16.1. The average Bonchev–Trinajstić information content (AvgIpc) is 2.72. The van der Waals surface area contributed by atoms with Crippen LogP contribution in [0.2, 0.25) is 0 Å². The van der Waals surface area contributed by atoms with Crippen molar-refractivity contribution in [3.8, 4) is 0 Å². The van der Waals surface area contributed by atoms with Crippen molar-refractivity contribution in [3.05, 3.63) is 41.6 Å². The lowest BCUT2D eigenvalue weighted by atomic mass is 10.0. The molecule has 1 heterocycles. The highest BCUT2D eigenvalue weighted by molar-refractivity contribution is 5.92. The largest absolute Gasteiger partial charge is 0.341 e. The van der Waals surface area contributed by atoms with E-state index in [2.05, 4.69) is 54.8 Å². The maximum absolute atomic E-state index is 2.55. The van der Waals surface area contributed by atoms with Crippen LogP contribution in [0.1, 0.15) is 44.0 Å². The third kappa shape index (κ3) is 1.53. The first-order valence-corrected chi connectivity index (χ1v) is 6.61. The summed E-state index contributed by atoms with van der Waals surface area (Å²) in [5.41, 5.74) is 4.38. The van der Waals surface area contributed by atoms with Crippen molar-refractivity contribution >= 4 is 17.0 Å². The van der Waals surface area contributed by atoms with E-state index in [0.717, 1.165) is 0 Å². The van der Waals surface area contributed by atoms with Crippen LogP contribution in [0, 0.1) is 0 Å². The SMILES string of the molecule is CCC(C)n1c2c(c3ccccc31)C=CCC2. The quantitative estimate of drug-likeness (QED) is 0.705. The Balaban J connectivity index is 2.36. The Morgan fingerprint density at radius 1 is 1.29 bits per heavy atom. The van der Waals surface area contributed by atoms with Gasteiger partial charge in [-0.05, 0) is 32.3 Å². The highest BCUT2D eigenvalue weighted by Crippen LogP contribution is 2.34. The molecule has 3 rings (SSSR count). The van der Waals surface area contributed by atoms with Crippen LogP contribution in [0.15, 0.2) is 30.3 Å². The summed E-state index contributed by atoms with van der Waals surface area (Å²) in [4.78, 5) is 0. The van der Waals surface area contributed by atoms with Crippen LogP contribution in [0.4, 0.5) is 0 Å². The number of allylic oxidation sites excluding steroid dienone is 1. The smallest absolute Gasteiger partial charge is 0.0491 e. The fourth-order valence-corrected chi connectivity index (χ4v) is 2.89. The summed E-state index contributed by atoms with van der Waals surface area (Å²) < 4.78 is 2.55. The maximum Gasteiger partial charge on any atom is 0.0491 e. The van der Waals surface area contributed by atoms with E-state index in [1.54, 1.807) is 0 Å². The Bertz CT molecular complexity index is 574. The molecule has 1 unspecified atom stereocenters. The molecular weight excluding hydrogens is 206 g/mol.